The predicted molar refractivity (Wildman–Crippen MR) is 185 cm³/mol. The van der Waals surface area contributed by atoms with E-state index in [1.165, 1.54) is 57.2 Å². The standard InChI is InChI=1S/C33H44N2O4S3/c1-7-27(24-32(37-5)35(19-22-41-36)29-15-13-25(2)26(3)23-29)17-21-40-31-16-14-28-11-8-9-12-30(28)33(31)34(4)18-10-20-42-39-38-6/h8-9,11-17,23-24,36H,7,10,18-22H2,1-6H3/b27-17+,32-24-. The van der Waals surface area contributed by atoms with Crippen LogP contribution in [0.25, 0.3) is 10.8 Å². The van der Waals surface area contributed by atoms with Crippen molar-refractivity contribution in [3.8, 4) is 0 Å². The monoisotopic (exact) mass is 628 g/mol. The zero-order valence-electron chi connectivity index (χ0n) is 25.6. The van der Waals surface area contributed by atoms with Crippen LogP contribution in [0.4, 0.5) is 11.4 Å². The summed E-state index contributed by atoms with van der Waals surface area (Å²) in [7, 11) is 5.41. The van der Waals surface area contributed by atoms with Gasteiger partial charge in [0.25, 0.3) is 0 Å². The molecule has 0 unspecified atom stereocenters. The number of ether oxygens (including phenoxy) is 1. The molecule has 0 bridgehead atoms. The molecule has 0 heterocycles. The minimum absolute atomic E-state index is 0.574. The first-order chi connectivity index (χ1) is 20.4. The molecule has 0 radical (unpaired) electrons. The van der Waals surface area contributed by atoms with Gasteiger partial charge in [-0.25, -0.2) is 4.89 Å². The van der Waals surface area contributed by atoms with Crippen LogP contribution in [0.5, 0.6) is 0 Å². The fourth-order valence-corrected chi connectivity index (χ4v) is 6.36. The van der Waals surface area contributed by atoms with Gasteiger partial charge in [0.2, 0.25) is 0 Å². The second-order valence-electron chi connectivity index (χ2n) is 9.85. The van der Waals surface area contributed by atoms with Crippen molar-refractivity contribution in [1.82, 2.24) is 0 Å². The number of nitrogens with zero attached hydrogens (tertiary/aromatic N) is 2. The maximum Gasteiger partial charge on any atom is 0.193 e. The molecule has 0 spiro atoms. The average molecular weight is 629 g/mol. The van der Waals surface area contributed by atoms with Gasteiger partial charge in [0.1, 0.15) is 0 Å². The van der Waals surface area contributed by atoms with E-state index in [4.69, 9.17) is 14.0 Å². The molecule has 1 N–H and O–H groups in total. The Kier molecular flexibility index (Phi) is 15.0. The van der Waals surface area contributed by atoms with Gasteiger partial charge in [0, 0.05) is 71.5 Å². The minimum Gasteiger partial charge on any atom is -0.482 e. The van der Waals surface area contributed by atoms with E-state index in [1.54, 1.807) is 7.11 Å². The molecule has 0 atom stereocenters. The quantitative estimate of drug-likeness (QED) is 0.0283. The molecule has 3 aromatic rings. The molecule has 0 saturated carbocycles. The maximum atomic E-state index is 9.48. The third-order valence-corrected chi connectivity index (χ3v) is 9.09. The molecular weight excluding hydrogens is 585 g/mol. The van der Waals surface area contributed by atoms with Gasteiger partial charge in [0.15, 0.2) is 5.88 Å². The molecule has 0 aliphatic heterocycles. The number of hydrogen-bond donors (Lipinski definition) is 1. The first kappa shape index (κ1) is 34.2. The van der Waals surface area contributed by atoms with Crippen molar-refractivity contribution >= 4 is 58.0 Å². The highest BCUT2D eigenvalue weighted by Gasteiger charge is 2.15. The lowest BCUT2D eigenvalue weighted by Gasteiger charge is -2.27. The molecule has 3 aromatic carbocycles. The SMILES string of the molecule is CCC(/C=C(\OC)N(CCSO)c1ccc(C)c(C)c1)=C\CSc1ccc2ccccc2c1N(C)CCCSOOC. The van der Waals surface area contributed by atoms with E-state index in [9.17, 15) is 4.55 Å². The number of rotatable bonds is 18. The second kappa shape index (κ2) is 18.4. The molecule has 0 amide bonds. The van der Waals surface area contributed by atoms with E-state index >= 15 is 0 Å². The van der Waals surface area contributed by atoms with Gasteiger partial charge >= 0.3 is 0 Å². The van der Waals surface area contributed by atoms with E-state index in [2.05, 4.69) is 104 Å². The van der Waals surface area contributed by atoms with E-state index in [-0.39, 0.29) is 0 Å². The Bertz CT molecular complexity index is 1330. The van der Waals surface area contributed by atoms with Crippen LogP contribution in [0, 0.1) is 13.8 Å². The molecule has 0 aromatic heterocycles. The highest BCUT2D eigenvalue weighted by molar-refractivity contribution is 7.99. The Morgan fingerprint density at radius 1 is 0.976 bits per heavy atom. The van der Waals surface area contributed by atoms with E-state index in [1.807, 2.05) is 11.8 Å². The van der Waals surface area contributed by atoms with Gasteiger partial charge in [0.05, 0.1) is 19.9 Å². The molecule has 3 rings (SSSR count). The fraction of sp³-hybridized carbons (Fsp3) is 0.394. The lowest BCUT2D eigenvalue weighted by molar-refractivity contribution is -0.160. The molecule has 6 nitrogen and oxygen atoms in total. The van der Waals surface area contributed by atoms with Crippen molar-refractivity contribution in [2.24, 2.45) is 0 Å². The zero-order valence-corrected chi connectivity index (χ0v) is 28.0. The Morgan fingerprint density at radius 3 is 2.50 bits per heavy atom. The summed E-state index contributed by atoms with van der Waals surface area (Å²) < 4.78 is 20.4. The number of methoxy groups -OCH3 is 1. The van der Waals surface area contributed by atoms with Crippen molar-refractivity contribution in [2.75, 3.05) is 61.4 Å². The van der Waals surface area contributed by atoms with Gasteiger partial charge in [-0.15, -0.1) is 11.8 Å². The van der Waals surface area contributed by atoms with Crippen LogP contribution in [0.2, 0.25) is 0 Å². The van der Waals surface area contributed by atoms with E-state index < -0.39 is 0 Å². The van der Waals surface area contributed by atoms with Crippen LogP contribution in [-0.4, -0.2) is 56.2 Å². The van der Waals surface area contributed by atoms with Crippen LogP contribution in [-0.2, 0) is 14.0 Å². The van der Waals surface area contributed by atoms with Crippen LogP contribution < -0.4 is 9.80 Å². The summed E-state index contributed by atoms with van der Waals surface area (Å²) in [6.07, 6.45) is 6.29. The van der Waals surface area contributed by atoms with E-state index in [0.29, 0.717) is 12.3 Å². The Labute approximate surface area is 264 Å². The third-order valence-electron chi connectivity index (χ3n) is 7.07. The Hall–Kier alpha value is -2.27. The van der Waals surface area contributed by atoms with Crippen molar-refractivity contribution in [3.63, 3.8) is 0 Å². The molecule has 9 heteroatoms. The van der Waals surface area contributed by atoms with Crippen molar-refractivity contribution in [2.45, 2.75) is 38.5 Å². The second-order valence-corrected chi connectivity index (χ2v) is 12.4. The first-order valence-corrected chi connectivity index (χ1v) is 17.0. The molecule has 0 fully saturated rings. The molecular formula is C33H44N2O4S3. The van der Waals surface area contributed by atoms with Gasteiger partial charge in [-0.3, -0.25) is 0 Å². The minimum atomic E-state index is 0.574. The number of allylic oxidation sites excluding steroid dienone is 2. The summed E-state index contributed by atoms with van der Waals surface area (Å²) in [4.78, 5) is 10.4. The highest BCUT2D eigenvalue weighted by Crippen LogP contribution is 2.37. The average Bonchev–Trinajstić information content (AvgIpc) is 3.00. The molecule has 0 aliphatic carbocycles. The van der Waals surface area contributed by atoms with Gasteiger partial charge in [-0.05, 0) is 79.0 Å². The number of thioether (sulfide) groups is 1. The zero-order chi connectivity index (χ0) is 30.3. The van der Waals surface area contributed by atoms with Crippen LogP contribution in [0.3, 0.4) is 0 Å². The number of fused-ring (bicyclic) bond motifs is 1. The van der Waals surface area contributed by atoms with Gasteiger partial charge in [-0.2, -0.15) is 4.33 Å². The van der Waals surface area contributed by atoms with Crippen molar-refractivity contribution < 1.29 is 18.5 Å². The normalized spacial score (nSPS) is 12.2. The number of aryl methyl sites for hydroxylation is 2. The number of anilines is 2. The lowest BCUT2D eigenvalue weighted by atomic mass is 10.1. The fourth-order valence-electron chi connectivity index (χ4n) is 4.64. The summed E-state index contributed by atoms with van der Waals surface area (Å²) in [6.45, 7) is 7.96. The maximum absolute atomic E-state index is 9.48. The van der Waals surface area contributed by atoms with E-state index in [0.717, 1.165) is 54.5 Å². The van der Waals surface area contributed by atoms with Gasteiger partial charge < -0.3 is 19.1 Å². The predicted octanol–water partition coefficient (Wildman–Crippen LogP) is 9.14. The highest BCUT2D eigenvalue weighted by atomic mass is 32.2. The Morgan fingerprint density at radius 2 is 1.79 bits per heavy atom. The summed E-state index contributed by atoms with van der Waals surface area (Å²) >= 11 is 4.03. The molecule has 0 saturated heterocycles. The van der Waals surface area contributed by atoms with Crippen LogP contribution in [0.1, 0.15) is 30.9 Å². The number of hydrogen-bond acceptors (Lipinski definition) is 9. The van der Waals surface area contributed by atoms with Gasteiger partial charge in [-0.1, -0.05) is 49.4 Å². The lowest BCUT2D eigenvalue weighted by Crippen LogP contribution is -2.26. The number of benzene rings is 3. The van der Waals surface area contributed by atoms with Crippen LogP contribution in [0.15, 0.2) is 83.1 Å². The molecule has 228 valence electrons. The molecule has 0 aliphatic rings. The smallest absolute Gasteiger partial charge is 0.193 e. The topological polar surface area (TPSA) is 54.4 Å². The molecule has 42 heavy (non-hydrogen) atoms. The summed E-state index contributed by atoms with van der Waals surface area (Å²) in [5, 5.41) is 2.50. The third kappa shape index (κ3) is 9.89. The summed E-state index contributed by atoms with van der Waals surface area (Å²) in [6, 6.07) is 19.5. The Balaban J connectivity index is 1.83. The summed E-state index contributed by atoms with van der Waals surface area (Å²) in [5.41, 5.74) is 6.00. The summed E-state index contributed by atoms with van der Waals surface area (Å²) in [5.74, 6) is 3.04. The van der Waals surface area contributed by atoms with Crippen LogP contribution >= 0.6 is 35.8 Å². The van der Waals surface area contributed by atoms with Crippen molar-refractivity contribution in [1.29, 1.82) is 0 Å². The largest absolute Gasteiger partial charge is 0.482 e. The van der Waals surface area contributed by atoms with Crippen molar-refractivity contribution in [3.05, 3.63) is 89.3 Å². The first-order valence-electron chi connectivity index (χ1n) is 14.2.